The fourth-order valence-electron chi connectivity index (χ4n) is 0.770. The van der Waals surface area contributed by atoms with E-state index in [0.717, 1.165) is 12.4 Å². The van der Waals surface area contributed by atoms with Gasteiger partial charge in [-0.3, -0.25) is 4.68 Å². The van der Waals surface area contributed by atoms with Crippen LogP contribution in [-0.2, 0) is 7.05 Å². The quantitative estimate of drug-likeness (QED) is 0.700. The monoisotopic (exact) mass is 180 g/mol. The van der Waals surface area contributed by atoms with Crippen molar-refractivity contribution in [2.75, 3.05) is 0 Å². The SMILES string of the molecule is Cn1cc([C@@H](O)C(F)(F)F)cn1. The molecule has 0 saturated heterocycles. The summed E-state index contributed by atoms with van der Waals surface area (Å²) in [6.45, 7) is 0. The van der Waals surface area contributed by atoms with Crippen LogP contribution in [0.2, 0.25) is 0 Å². The minimum atomic E-state index is -4.62. The lowest BCUT2D eigenvalue weighted by Gasteiger charge is -2.11. The predicted molar refractivity (Wildman–Crippen MR) is 34.2 cm³/mol. The van der Waals surface area contributed by atoms with Crippen molar-refractivity contribution in [3.63, 3.8) is 0 Å². The summed E-state index contributed by atoms with van der Waals surface area (Å²) in [5.74, 6) is 0. The number of hydrogen-bond acceptors (Lipinski definition) is 2. The molecule has 0 aliphatic carbocycles. The number of hydrogen-bond donors (Lipinski definition) is 1. The summed E-state index contributed by atoms with van der Waals surface area (Å²) in [4.78, 5) is 0. The highest BCUT2D eigenvalue weighted by molar-refractivity contribution is 5.09. The highest BCUT2D eigenvalue weighted by atomic mass is 19.4. The molecule has 1 rings (SSSR count). The van der Waals surface area contributed by atoms with Gasteiger partial charge in [-0.25, -0.2) is 0 Å². The van der Waals surface area contributed by atoms with Crippen molar-refractivity contribution in [3.8, 4) is 0 Å². The van der Waals surface area contributed by atoms with Gasteiger partial charge >= 0.3 is 6.18 Å². The van der Waals surface area contributed by atoms with Gasteiger partial charge < -0.3 is 5.11 Å². The van der Waals surface area contributed by atoms with E-state index in [1.54, 1.807) is 0 Å². The second-order valence-electron chi connectivity index (χ2n) is 2.39. The van der Waals surface area contributed by atoms with E-state index in [9.17, 15) is 13.2 Å². The molecule has 1 aromatic heterocycles. The summed E-state index contributed by atoms with van der Waals surface area (Å²) in [5, 5.41) is 12.2. The maximum atomic E-state index is 11.9. The molecular formula is C6H7F3N2O. The van der Waals surface area contributed by atoms with Crippen molar-refractivity contribution in [2.24, 2.45) is 7.05 Å². The zero-order valence-electron chi connectivity index (χ0n) is 6.21. The molecule has 0 spiro atoms. The first-order valence-electron chi connectivity index (χ1n) is 3.14. The van der Waals surface area contributed by atoms with Crippen molar-refractivity contribution in [2.45, 2.75) is 12.3 Å². The van der Waals surface area contributed by atoms with Crippen LogP contribution in [0.3, 0.4) is 0 Å². The minimum Gasteiger partial charge on any atom is -0.379 e. The number of aromatic nitrogens is 2. The largest absolute Gasteiger partial charge is 0.418 e. The molecule has 0 fully saturated rings. The van der Waals surface area contributed by atoms with Gasteiger partial charge in [-0.2, -0.15) is 18.3 Å². The lowest BCUT2D eigenvalue weighted by molar-refractivity contribution is -0.206. The van der Waals surface area contributed by atoms with Gasteiger partial charge in [0.1, 0.15) is 0 Å². The van der Waals surface area contributed by atoms with E-state index < -0.39 is 12.3 Å². The number of rotatable bonds is 1. The molecule has 1 atom stereocenters. The van der Waals surface area contributed by atoms with Crippen molar-refractivity contribution in [1.29, 1.82) is 0 Å². The van der Waals surface area contributed by atoms with E-state index in [1.165, 1.54) is 11.7 Å². The third-order valence-electron chi connectivity index (χ3n) is 1.35. The van der Waals surface area contributed by atoms with Gasteiger partial charge in [-0.15, -0.1) is 0 Å². The molecule has 12 heavy (non-hydrogen) atoms. The summed E-state index contributed by atoms with van der Waals surface area (Å²) in [6, 6.07) is 0. The third-order valence-corrected chi connectivity index (χ3v) is 1.35. The van der Waals surface area contributed by atoms with Crippen LogP contribution in [0.4, 0.5) is 13.2 Å². The Morgan fingerprint density at radius 1 is 1.58 bits per heavy atom. The number of alkyl halides is 3. The van der Waals surface area contributed by atoms with E-state index >= 15 is 0 Å². The second kappa shape index (κ2) is 2.78. The molecule has 1 heterocycles. The molecule has 0 saturated carbocycles. The number of aliphatic hydroxyl groups is 1. The second-order valence-corrected chi connectivity index (χ2v) is 2.39. The van der Waals surface area contributed by atoms with Crippen LogP contribution >= 0.6 is 0 Å². The van der Waals surface area contributed by atoms with E-state index in [1.807, 2.05) is 0 Å². The maximum Gasteiger partial charge on any atom is 0.418 e. The van der Waals surface area contributed by atoms with Gasteiger partial charge in [0.15, 0.2) is 6.10 Å². The molecule has 0 radical (unpaired) electrons. The van der Waals surface area contributed by atoms with Gasteiger partial charge in [0.25, 0.3) is 0 Å². The van der Waals surface area contributed by atoms with Gasteiger partial charge in [-0.1, -0.05) is 0 Å². The first-order valence-corrected chi connectivity index (χ1v) is 3.14. The van der Waals surface area contributed by atoms with Crippen molar-refractivity contribution < 1.29 is 18.3 Å². The topological polar surface area (TPSA) is 38.0 Å². The lowest BCUT2D eigenvalue weighted by Crippen LogP contribution is -2.19. The molecule has 0 bridgehead atoms. The number of aryl methyl sites for hydroxylation is 1. The van der Waals surface area contributed by atoms with Crippen LogP contribution in [-0.4, -0.2) is 21.1 Å². The molecule has 0 amide bonds. The smallest absolute Gasteiger partial charge is 0.379 e. The average Bonchev–Trinajstić information content (AvgIpc) is 2.32. The van der Waals surface area contributed by atoms with Crippen LogP contribution in [0, 0.1) is 0 Å². The van der Waals surface area contributed by atoms with Crippen LogP contribution in [0.25, 0.3) is 0 Å². The number of halogens is 3. The Kier molecular flexibility index (Phi) is 2.10. The van der Waals surface area contributed by atoms with Crippen molar-refractivity contribution in [1.82, 2.24) is 9.78 Å². The molecule has 0 unspecified atom stereocenters. The Labute approximate surface area is 66.4 Å². The molecule has 0 aliphatic heterocycles. The minimum absolute atomic E-state index is 0.245. The van der Waals surface area contributed by atoms with Gasteiger partial charge in [0.2, 0.25) is 0 Å². The first kappa shape index (κ1) is 9.05. The zero-order chi connectivity index (χ0) is 9.35. The molecular weight excluding hydrogens is 173 g/mol. The molecule has 68 valence electrons. The van der Waals surface area contributed by atoms with Crippen LogP contribution in [0.15, 0.2) is 12.4 Å². The lowest BCUT2D eigenvalue weighted by atomic mass is 10.2. The molecule has 0 aliphatic rings. The first-order chi connectivity index (χ1) is 5.41. The van der Waals surface area contributed by atoms with E-state index in [2.05, 4.69) is 5.10 Å². The fourth-order valence-corrected chi connectivity index (χ4v) is 0.770. The standard InChI is InChI=1S/C6H7F3N2O/c1-11-3-4(2-10-11)5(12)6(7,8)9/h2-3,5,12H,1H3/t5-/m1/s1. The molecule has 3 nitrogen and oxygen atoms in total. The average molecular weight is 180 g/mol. The Hall–Kier alpha value is -1.04. The normalized spacial score (nSPS) is 14.8. The summed E-state index contributed by atoms with van der Waals surface area (Å²) in [7, 11) is 1.48. The van der Waals surface area contributed by atoms with Crippen molar-refractivity contribution >= 4 is 0 Å². The maximum absolute atomic E-state index is 11.9. The van der Waals surface area contributed by atoms with Crippen LogP contribution in [0.5, 0.6) is 0 Å². The van der Waals surface area contributed by atoms with Gasteiger partial charge in [0.05, 0.1) is 6.20 Å². The van der Waals surface area contributed by atoms with E-state index in [-0.39, 0.29) is 5.56 Å². The summed E-state index contributed by atoms with van der Waals surface area (Å²) < 4.78 is 36.8. The van der Waals surface area contributed by atoms with E-state index in [4.69, 9.17) is 5.11 Å². The van der Waals surface area contributed by atoms with Crippen molar-refractivity contribution in [3.05, 3.63) is 18.0 Å². The predicted octanol–water partition coefficient (Wildman–Crippen LogP) is 1.02. The number of nitrogens with zero attached hydrogens (tertiary/aromatic N) is 2. The molecule has 1 aromatic rings. The van der Waals surface area contributed by atoms with Gasteiger partial charge in [0, 0.05) is 18.8 Å². The highest BCUT2D eigenvalue weighted by Crippen LogP contribution is 2.31. The summed E-state index contributed by atoms with van der Waals surface area (Å²) in [5.41, 5.74) is -0.245. The zero-order valence-corrected chi connectivity index (χ0v) is 6.21. The summed E-state index contributed by atoms with van der Waals surface area (Å²) >= 11 is 0. The molecule has 0 aromatic carbocycles. The Morgan fingerprint density at radius 3 is 2.50 bits per heavy atom. The molecule has 6 heteroatoms. The fraction of sp³-hybridized carbons (Fsp3) is 0.500. The number of aliphatic hydroxyl groups excluding tert-OH is 1. The van der Waals surface area contributed by atoms with Crippen LogP contribution < -0.4 is 0 Å². The van der Waals surface area contributed by atoms with Crippen LogP contribution in [0.1, 0.15) is 11.7 Å². The van der Waals surface area contributed by atoms with E-state index in [0.29, 0.717) is 0 Å². The third kappa shape index (κ3) is 1.76. The summed E-state index contributed by atoms with van der Waals surface area (Å²) in [6.07, 6.45) is -4.95. The highest BCUT2D eigenvalue weighted by Gasteiger charge is 2.39. The van der Waals surface area contributed by atoms with Gasteiger partial charge in [-0.05, 0) is 0 Å². The Balaban J connectivity index is 2.85. The molecule has 1 N–H and O–H groups in total. The Morgan fingerprint density at radius 2 is 2.17 bits per heavy atom. The Bertz CT molecular complexity index is 268.